The molecule has 3 aromatic carbocycles. The molecular weight excluding hydrogens is 446 g/mol. The Hall–Kier alpha value is -2.98. The van der Waals surface area contributed by atoms with Gasteiger partial charge in [-0.15, -0.1) is 0 Å². The van der Waals surface area contributed by atoms with Crippen LogP contribution in [0, 0.1) is 17.1 Å². The fraction of sp³-hybridized carbons (Fsp3) is 0. The molecule has 0 saturated carbocycles. The van der Waals surface area contributed by atoms with E-state index in [1.807, 2.05) is 0 Å². The van der Waals surface area contributed by atoms with Gasteiger partial charge < -0.3 is 0 Å². The highest BCUT2D eigenvalue weighted by Crippen LogP contribution is 2.37. The quantitative estimate of drug-likeness (QED) is 0.376. The molecule has 1 aromatic heterocycles. The fourth-order valence-electron chi connectivity index (χ4n) is 3.18. The smallest absolute Gasteiger partial charge is 0.208 e. The second kappa shape index (κ2) is 7.69. The summed E-state index contributed by atoms with van der Waals surface area (Å²) in [5.74, 6) is -0.818. The van der Waals surface area contributed by atoms with E-state index in [-0.39, 0.29) is 15.4 Å². The minimum atomic E-state index is -4.20. The van der Waals surface area contributed by atoms with Gasteiger partial charge in [0.15, 0.2) is 0 Å². The Bertz CT molecular complexity index is 1450. The summed E-state index contributed by atoms with van der Waals surface area (Å²) >= 11 is 12.1. The first-order valence-electron chi connectivity index (χ1n) is 8.59. The second-order valence-corrected chi connectivity index (χ2v) is 9.25. The highest BCUT2D eigenvalue weighted by atomic mass is 35.5. The number of halogens is 3. The number of rotatable bonds is 3. The van der Waals surface area contributed by atoms with Crippen LogP contribution < -0.4 is 0 Å². The molecule has 0 unspecified atom stereocenters. The van der Waals surface area contributed by atoms with Gasteiger partial charge in [-0.25, -0.2) is 12.8 Å². The van der Waals surface area contributed by atoms with Crippen molar-refractivity contribution in [1.82, 2.24) is 4.98 Å². The first-order valence-corrected chi connectivity index (χ1v) is 10.8. The molecular formula is C22H11Cl2FN2O2S. The third-order valence-corrected chi connectivity index (χ3v) is 6.76. The van der Waals surface area contributed by atoms with Crippen LogP contribution in [0.2, 0.25) is 10.0 Å². The van der Waals surface area contributed by atoms with Crippen molar-refractivity contribution in [3.8, 4) is 17.2 Å². The first kappa shape index (κ1) is 20.3. The van der Waals surface area contributed by atoms with Gasteiger partial charge in [0.05, 0.1) is 26.9 Å². The van der Waals surface area contributed by atoms with Gasteiger partial charge in [-0.05, 0) is 48.0 Å². The normalized spacial score (nSPS) is 11.4. The number of hydrogen-bond donors (Lipinski definition) is 0. The van der Waals surface area contributed by atoms with Crippen molar-refractivity contribution in [3.63, 3.8) is 0 Å². The summed E-state index contributed by atoms with van der Waals surface area (Å²) in [6.07, 6.45) is 1.22. The molecule has 0 radical (unpaired) electrons. The lowest BCUT2D eigenvalue weighted by Crippen LogP contribution is -2.06. The summed E-state index contributed by atoms with van der Waals surface area (Å²) in [4.78, 5) is 3.81. The van der Waals surface area contributed by atoms with E-state index in [0.717, 1.165) is 18.2 Å². The number of benzene rings is 3. The van der Waals surface area contributed by atoms with Crippen LogP contribution in [0.25, 0.3) is 22.0 Å². The van der Waals surface area contributed by atoms with E-state index in [2.05, 4.69) is 4.98 Å². The maximum absolute atomic E-state index is 14.0. The molecule has 0 bridgehead atoms. The standard InChI is InChI=1S/C22H11Cl2FN2O2S/c23-15-3-1-14(2-4-15)22-19-6-5-16(24)9-20(19)27-12-21(22)30(28,29)18-8-13(11-26)7-17(25)10-18/h1-10,12H. The number of sulfone groups is 1. The maximum atomic E-state index is 14.0. The SMILES string of the molecule is N#Cc1cc(F)cc(S(=O)(=O)c2cnc3cc(Cl)ccc3c2-c2ccc(Cl)cc2)c1. The van der Waals surface area contributed by atoms with Crippen LogP contribution in [0.4, 0.5) is 4.39 Å². The number of aromatic nitrogens is 1. The van der Waals surface area contributed by atoms with Crippen LogP contribution in [-0.2, 0) is 9.84 Å². The summed E-state index contributed by atoms with van der Waals surface area (Å²) in [6, 6.07) is 16.4. The number of nitrogens with zero attached hydrogens (tertiary/aromatic N) is 2. The molecule has 0 fully saturated rings. The van der Waals surface area contributed by atoms with Crippen molar-refractivity contribution in [1.29, 1.82) is 5.26 Å². The van der Waals surface area contributed by atoms with Crippen molar-refractivity contribution in [2.45, 2.75) is 9.79 Å². The van der Waals surface area contributed by atoms with E-state index in [1.165, 1.54) is 6.20 Å². The third kappa shape index (κ3) is 3.63. The third-order valence-electron chi connectivity index (χ3n) is 4.53. The van der Waals surface area contributed by atoms with Crippen molar-refractivity contribution in [2.75, 3.05) is 0 Å². The molecule has 0 atom stereocenters. The Labute approximate surface area is 182 Å². The zero-order valence-corrected chi connectivity index (χ0v) is 17.4. The van der Waals surface area contributed by atoms with Gasteiger partial charge in [-0.2, -0.15) is 5.26 Å². The molecule has 0 amide bonds. The minimum absolute atomic E-state index is 0.0952. The van der Waals surface area contributed by atoms with Crippen molar-refractivity contribution < 1.29 is 12.8 Å². The molecule has 0 aliphatic rings. The van der Waals surface area contributed by atoms with E-state index in [9.17, 15) is 12.8 Å². The van der Waals surface area contributed by atoms with Gasteiger partial charge in [0.25, 0.3) is 0 Å². The molecule has 30 heavy (non-hydrogen) atoms. The van der Waals surface area contributed by atoms with Gasteiger partial charge in [0.1, 0.15) is 5.82 Å². The predicted octanol–water partition coefficient (Wildman–Crippen LogP) is 6.05. The summed E-state index contributed by atoms with van der Waals surface area (Å²) < 4.78 is 40.9. The Morgan fingerprint density at radius 1 is 0.933 bits per heavy atom. The summed E-state index contributed by atoms with van der Waals surface area (Å²) in [6.45, 7) is 0. The van der Waals surface area contributed by atoms with Gasteiger partial charge in [0.2, 0.25) is 9.84 Å². The Balaban J connectivity index is 2.07. The number of pyridine rings is 1. The summed E-state index contributed by atoms with van der Waals surface area (Å²) in [5.41, 5.74) is 1.38. The van der Waals surface area contributed by atoms with Crippen LogP contribution in [0.3, 0.4) is 0 Å². The molecule has 4 nitrogen and oxygen atoms in total. The second-order valence-electron chi connectivity index (χ2n) is 6.46. The Kier molecular flexibility index (Phi) is 5.20. The first-order chi connectivity index (χ1) is 14.3. The van der Waals surface area contributed by atoms with Gasteiger partial charge in [-0.1, -0.05) is 41.4 Å². The largest absolute Gasteiger partial charge is 0.255 e. The van der Waals surface area contributed by atoms with E-state index >= 15 is 0 Å². The molecule has 4 rings (SSSR count). The minimum Gasteiger partial charge on any atom is -0.255 e. The van der Waals surface area contributed by atoms with Crippen LogP contribution >= 0.6 is 23.2 Å². The average molecular weight is 457 g/mol. The average Bonchev–Trinajstić information content (AvgIpc) is 2.72. The van der Waals surface area contributed by atoms with Gasteiger partial charge in [-0.3, -0.25) is 4.98 Å². The predicted molar refractivity (Wildman–Crippen MR) is 114 cm³/mol. The summed E-state index contributed by atoms with van der Waals surface area (Å²) in [5, 5.41) is 10.6. The molecule has 1 heterocycles. The molecule has 4 aromatic rings. The van der Waals surface area contributed by atoms with E-state index in [4.69, 9.17) is 28.5 Å². The number of fused-ring (bicyclic) bond motifs is 1. The highest BCUT2D eigenvalue weighted by molar-refractivity contribution is 7.91. The van der Waals surface area contributed by atoms with Crippen molar-refractivity contribution >= 4 is 43.9 Å². The lowest BCUT2D eigenvalue weighted by atomic mass is 10.0. The van der Waals surface area contributed by atoms with Crippen LogP contribution in [-0.4, -0.2) is 13.4 Å². The Morgan fingerprint density at radius 3 is 2.33 bits per heavy atom. The fourth-order valence-corrected chi connectivity index (χ4v) is 4.96. The van der Waals surface area contributed by atoms with Crippen LogP contribution in [0.5, 0.6) is 0 Å². The lowest BCUT2D eigenvalue weighted by Gasteiger charge is -2.14. The molecule has 0 aliphatic carbocycles. The van der Waals surface area contributed by atoms with Crippen molar-refractivity contribution in [2.24, 2.45) is 0 Å². The molecule has 0 N–H and O–H groups in total. The van der Waals surface area contributed by atoms with E-state index < -0.39 is 15.7 Å². The van der Waals surface area contributed by atoms with Crippen molar-refractivity contribution in [3.05, 3.63) is 88.3 Å². The van der Waals surface area contributed by atoms with Crippen LogP contribution in [0.15, 0.2) is 76.7 Å². The maximum Gasteiger partial charge on any atom is 0.208 e. The Morgan fingerprint density at radius 2 is 1.63 bits per heavy atom. The topological polar surface area (TPSA) is 70.8 Å². The highest BCUT2D eigenvalue weighted by Gasteiger charge is 2.26. The lowest BCUT2D eigenvalue weighted by molar-refractivity contribution is 0.590. The summed E-state index contributed by atoms with van der Waals surface area (Å²) in [7, 11) is -4.20. The molecule has 0 aliphatic heterocycles. The molecule has 0 spiro atoms. The zero-order valence-electron chi connectivity index (χ0n) is 15.1. The molecule has 148 valence electrons. The molecule has 0 saturated heterocycles. The van der Waals surface area contributed by atoms with E-state index in [1.54, 1.807) is 48.5 Å². The van der Waals surface area contributed by atoms with Gasteiger partial charge in [0, 0.05) is 27.2 Å². The number of nitriles is 1. The number of hydrogen-bond acceptors (Lipinski definition) is 4. The zero-order chi connectivity index (χ0) is 21.5. The van der Waals surface area contributed by atoms with Crippen LogP contribution in [0.1, 0.15) is 5.56 Å². The van der Waals surface area contributed by atoms with E-state index in [0.29, 0.717) is 32.1 Å². The monoisotopic (exact) mass is 456 g/mol. The molecule has 8 heteroatoms. The van der Waals surface area contributed by atoms with Gasteiger partial charge >= 0.3 is 0 Å².